The lowest BCUT2D eigenvalue weighted by Gasteiger charge is -2.34. The van der Waals surface area contributed by atoms with Gasteiger partial charge in [0.1, 0.15) is 5.69 Å². The molecule has 4 heterocycles. The number of aryl methyl sites for hydroxylation is 2. The van der Waals surface area contributed by atoms with Crippen LogP contribution in [0.4, 0.5) is 5.95 Å². The number of hydrogen-bond acceptors (Lipinski definition) is 8. The van der Waals surface area contributed by atoms with Crippen molar-refractivity contribution < 1.29 is 4.74 Å². The lowest BCUT2D eigenvalue weighted by Crippen LogP contribution is -2.46. The van der Waals surface area contributed by atoms with Gasteiger partial charge < -0.3 is 9.64 Å². The molecule has 1 aliphatic rings. The van der Waals surface area contributed by atoms with Gasteiger partial charge in [0.2, 0.25) is 5.95 Å². The van der Waals surface area contributed by atoms with Crippen LogP contribution in [-0.4, -0.2) is 62.9 Å². The Bertz CT molecular complexity index is 914. The van der Waals surface area contributed by atoms with Crippen LogP contribution in [0.1, 0.15) is 10.7 Å². The second kappa shape index (κ2) is 7.61. The van der Waals surface area contributed by atoms with Gasteiger partial charge in [-0.05, 0) is 13.0 Å². The molecule has 4 rings (SSSR count). The summed E-state index contributed by atoms with van der Waals surface area (Å²) in [6, 6.07) is 1.93. The summed E-state index contributed by atoms with van der Waals surface area (Å²) in [6.45, 7) is 6.66. The lowest BCUT2D eigenvalue weighted by molar-refractivity contribution is 0.246. The minimum atomic E-state index is 0.653. The highest BCUT2D eigenvalue weighted by atomic mass is 32.1. The fourth-order valence-corrected chi connectivity index (χ4v) is 3.87. The Hall–Kier alpha value is -2.52. The zero-order chi connectivity index (χ0) is 18.8. The number of hydrogen-bond donors (Lipinski definition) is 0. The summed E-state index contributed by atoms with van der Waals surface area (Å²) in [7, 11) is 3.53. The molecule has 9 heteroatoms. The minimum absolute atomic E-state index is 0.653. The van der Waals surface area contributed by atoms with Crippen LogP contribution in [0, 0.1) is 6.92 Å². The van der Waals surface area contributed by atoms with Gasteiger partial charge in [-0.3, -0.25) is 9.58 Å². The van der Waals surface area contributed by atoms with Gasteiger partial charge >= 0.3 is 0 Å². The highest BCUT2D eigenvalue weighted by Gasteiger charge is 2.22. The highest BCUT2D eigenvalue weighted by Crippen LogP contribution is 2.28. The summed E-state index contributed by atoms with van der Waals surface area (Å²) in [5.74, 6) is 1.39. The van der Waals surface area contributed by atoms with Crippen molar-refractivity contribution in [2.75, 3.05) is 38.2 Å². The third-order valence-electron chi connectivity index (χ3n) is 4.73. The average molecular weight is 385 g/mol. The summed E-state index contributed by atoms with van der Waals surface area (Å²) in [5.41, 5.74) is 2.83. The van der Waals surface area contributed by atoms with Crippen LogP contribution in [0.5, 0.6) is 5.75 Å². The van der Waals surface area contributed by atoms with Gasteiger partial charge in [-0.25, -0.2) is 15.0 Å². The van der Waals surface area contributed by atoms with Crippen LogP contribution in [0.15, 0.2) is 23.8 Å². The fraction of sp³-hybridized carbons (Fsp3) is 0.444. The molecule has 142 valence electrons. The third-order valence-corrected chi connectivity index (χ3v) is 5.56. The van der Waals surface area contributed by atoms with Crippen molar-refractivity contribution in [3.05, 3.63) is 34.5 Å². The summed E-state index contributed by atoms with van der Waals surface area (Å²) in [4.78, 5) is 18.5. The van der Waals surface area contributed by atoms with Gasteiger partial charge in [0.15, 0.2) is 5.75 Å². The van der Waals surface area contributed by atoms with E-state index in [0.29, 0.717) is 5.75 Å². The van der Waals surface area contributed by atoms with Gasteiger partial charge in [0.05, 0.1) is 29.7 Å². The first-order valence-electron chi connectivity index (χ1n) is 8.92. The van der Waals surface area contributed by atoms with E-state index in [0.717, 1.165) is 60.8 Å². The molecule has 8 nitrogen and oxygen atoms in total. The highest BCUT2D eigenvalue weighted by molar-refractivity contribution is 7.09. The Kier molecular flexibility index (Phi) is 5.04. The molecule has 0 amide bonds. The molecule has 0 aliphatic carbocycles. The van der Waals surface area contributed by atoms with Crippen molar-refractivity contribution in [2.24, 2.45) is 7.05 Å². The van der Waals surface area contributed by atoms with Crippen molar-refractivity contribution in [1.82, 2.24) is 29.6 Å². The van der Waals surface area contributed by atoms with E-state index in [9.17, 15) is 0 Å². The molecular formula is C18H23N7OS. The van der Waals surface area contributed by atoms with Crippen molar-refractivity contribution in [3.8, 4) is 17.1 Å². The van der Waals surface area contributed by atoms with Crippen molar-refractivity contribution in [2.45, 2.75) is 13.5 Å². The smallest absolute Gasteiger partial charge is 0.226 e. The Morgan fingerprint density at radius 1 is 1.19 bits per heavy atom. The number of anilines is 1. The molecule has 3 aromatic rings. The molecule has 0 atom stereocenters. The first-order chi connectivity index (χ1) is 13.1. The first-order valence-corrected chi connectivity index (χ1v) is 9.79. The molecule has 0 spiro atoms. The number of nitrogens with zero attached hydrogens (tertiary/aromatic N) is 7. The van der Waals surface area contributed by atoms with Crippen LogP contribution < -0.4 is 9.64 Å². The number of ether oxygens (including phenoxy) is 1. The van der Waals surface area contributed by atoms with Crippen LogP contribution in [0.2, 0.25) is 0 Å². The van der Waals surface area contributed by atoms with Gasteiger partial charge in [-0.2, -0.15) is 5.10 Å². The van der Waals surface area contributed by atoms with E-state index in [1.807, 2.05) is 20.0 Å². The SMILES string of the molecule is COc1cnc(N2CCN(Cc3csc(C)n3)CC2)nc1-c1ccnn1C. The zero-order valence-corrected chi connectivity index (χ0v) is 16.6. The largest absolute Gasteiger partial charge is 0.493 e. The van der Waals surface area contributed by atoms with E-state index in [2.05, 4.69) is 30.2 Å². The first kappa shape index (κ1) is 17.9. The summed E-state index contributed by atoms with van der Waals surface area (Å²) in [6.07, 6.45) is 3.50. The minimum Gasteiger partial charge on any atom is -0.493 e. The van der Waals surface area contributed by atoms with Gasteiger partial charge in [0.25, 0.3) is 0 Å². The van der Waals surface area contributed by atoms with Gasteiger partial charge in [-0.15, -0.1) is 11.3 Å². The number of thiazole rings is 1. The molecule has 1 saturated heterocycles. The monoisotopic (exact) mass is 385 g/mol. The molecule has 0 bridgehead atoms. The van der Waals surface area contributed by atoms with Crippen molar-refractivity contribution in [1.29, 1.82) is 0 Å². The molecule has 1 fully saturated rings. The number of aromatic nitrogens is 5. The standard InChI is InChI=1S/C18H23N7OS/c1-13-21-14(12-27-13)11-24-6-8-25(9-7-24)18-19-10-16(26-3)17(22-18)15-4-5-20-23(15)2/h4-5,10,12H,6-9,11H2,1-3H3. The second-order valence-electron chi connectivity index (χ2n) is 6.55. The number of rotatable bonds is 5. The maximum Gasteiger partial charge on any atom is 0.226 e. The molecule has 27 heavy (non-hydrogen) atoms. The maximum atomic E-state index is 5.45. The Balaban J connectivity index is 1.47. The van der Waals surface area contributed by atoms with Gasteiger partial charge in [0, 0.05) is 51.3 Å². The molecule has 0 radical (unpaired) electrons. The van der Waals surface area contributed by atoms with Crippen molar-refractivity contribution in [3.63, 3.8) is 0 Å². The molecule has 0 aromatic carbocycles. The number of methoxy groups -OCH3 is 1. The summed E-state index contributed by atoms with van der Waals surface area (Å²) in [5, 5.41) is 7.51. The predicted molar refractivity (Wildman–Crippen MR) is 105 cm³/mol. The summed E-state index contributed by atoms with van der Waals surface area (Å²) >= 11 is 1.71. The Morgan fingerprint density at radius 3 is 2.63 bits per heavy atom. The fourth-order valence-electron chi connectivity index (χ4n) is 3.27. The van der Waals surface area contributed by atoms with Crippen LogP contribution in [0.25, 0.3) is 11.4 Å². The summed E-state index contributed by atoms with van der Waals surface area (Å²) < 4.78 is 7.25. The second-order valence-corrected chi connectivity index (χ2v) is 7.61. The van der Waals surface area contributed by atoms with E-state index in [-0.39, 0.29) is 0 Å². The average Bonchev–Trinajstić information content (AvgIpc) is 3.30. The predicted octanol–water partition coefficient (Wildman–Crippen LogP) is 1.97. The molecule has 0 saturated carbocycles. The normalized spacial score (nSPS) is 15.3. The van der Waals surface area contributed by atoms with Crippen LogP contribution in [0.3, 0.4) is 0 Å². The molecule has 1 aliphatic heterocycles. The van der Waals surface area contributed by atoms with Crippen LogP contribution >= 0.6 is 11.3 Å². The Morgan fingerprint density at radius 2 is 2.00 bits per heavy atom. The van der Waals surface area contributed by atoms with E-state index in [4.69, 9.17) is 9.72 Å². The quantitative estimate of drug-likeness (QED) is 0.665. The Labute approximate surface area is 162 Å². The van der Waals surface area contributed by atoms with Gasteiger partial charge in [-0.1, -0.05) is 0 Å². The molecular weight excluding hydrogens is 362 g/mol. The maximum absolute atomic E-state index is 5.45. The van der Waals surface area contributed by atoms with E-state index < -0.39 is 0 Å². The van der Waals surface area contributed by atoms with E-state index in [1.54, 1.807) is 35.5 Å². The van der Waals surface area contributed by atoms with Crippen molar-refractivity contribution >= 4 is 17.3 Å². The van der Waals surface area contributed by atoms with E-state index >= 15 is 0 Å². The molecule has 0 N–H and O–H groups in total. The molecule has 0 unspecified atom stereocenters. The topological polar surface area (TPSA) is 72.2 Å². The van der Waals surface area contributed by atoms with Crippen LogP contribution in [-0.2, 0) is 13.6 Å². The van der Waals surface area contributed by atoms with E-state index in [1.165, 1.54) is 0 Å². The zero-order valence-electron chi connectivity index (χ0n) is 15.8. The number of piperazine rings is 1. The molecule has 3 aromatic heterocycles. The third kappa shape index (κ3) is 3.79. The lowest BCUT2D eigenvalue weighted by atomic mass is 10.2.